The molecule has 0 unspecified atom stereocenters. The predicted molar refractivity (Wildman–Crippen MR) is 102 cm³/mol. The molecule has 1 amide bonds. The van der Waals surface area contributed by atoms with Gasteiger partial charge < -0.3 is 10.1 Å². The summed E-state index contributed by atoms with van der Waals surface area (Å²) in [6.45, 7) is 0.916. The summed E-state index contributed by atoms with van der Waals surface area (Å²) in [5.74, 6) is -4.72. The minimum Gasteiger partial charge on any atom is -0.471 e. The number of halogens is 4. The Morgan fingerprint density at radius 3 is 2.68 bits per heavy atom. The van der Waals surface area contributed by atoms with Gasteiger partial charge in [0.15, 0.2) is 12.4 Å². The van der Waals surface area contributed by atoms with E-state index < -0.39 is 30.7 Å². The van der Waals surface area contributed by atoms with Crippen molar-refractivity contribution < 1.29 is 27.1 Å². The third-order valence-corrected chi connectivity index (χ3v) is 4.52. The summed E-state index contributed by atoms with van der Waals surface area (Å²) < 4.78 is 59.3. The first-order chi connectivity index (χ1) is 14.6. The number of hydrogen-bond donors (Lipinski definition) is 1. The molecule has 1 saturated carbocycles. The van der Waals surface area contributed by atoms with Gasteiger partial charge in [-0.25, -0.2) is 23.4 Å². The SMILES string of the molecule is CC(=O)Nc1cc2c(cn1)c(C1CC1)nn2-c1cc(OCC(F)F)nc(C(C)(F)F)n1. The van der Waals surface area contributed by atoms with Crippen molar-refractivity contribution in [1.82, 2.24) is 24.7 Å². The fourth-order valence-corrected chi connectivity index (χ4v) is 3.05. The van der Waals surface area contributed by atoms with Gasteiger partial charge in [-0.3, -0.25) is 4.79 Å². The van der Waals surface area contributed by atoms with E-state index in [0.29, 0.717) is 17.8 Å². The van der Waals surface area contributed by atoms with Crippen LogP contribution in [-0.2, 0) is 10.7 Å². The first-order valence-corrected chi connectivity index (χ1v) is 9.47. The van der Waals surface area contributed by atoms with Crippen LogP contribution < -0.4 is 10.1 Å². The van der Waals surface area contributed by atoms with Crippen LogP contribution in [-0.4, -0.2) is 43.7 Å². The molecule has 12 heteroatoms. The molecule has 0 atom stereocenters. The largest absolute Gasteiger partial charge is 0.471 e. The van der Waals surface area contributed by atoms with Crippen LogP contribution in [0.2, 0.25) is 0 Å². The maximum atomic E-state index is 14.0. The number of hydrogen-bond acceptors (Lipinski definition) is 6. The van der Waals surface area contributed by atoms with Crippen LogP contribution in [0.3, 0.4) is 0 Å². The molecule has 8 nitrogen and oxygen atoms in total. The number of fused-ring (bicyclic) bond motifs is 1. The molecule has 0 bridgehead atoms. The van der Waals surface area contributed by atoms with Gasteiger partial charge in [-0.1, -0.05) is 0 Å². The zero-order chi connectivity index (χ0) is 22.3. The summed E-state index contributed by atoms with van der Waals surface area (Å²) in [5, 5.41) is 7.76. The van der Waals surface area contributed by atoms with Gasteiger partial charge in [0.2, 0.25) is 17.6 Å². The Bertz CT molecular complexity index is 1140. The van der Waals surface area contributed by atoms with E-state index in [1.807, 2.05) is 0 Å². The fourth-order valence-electron chi connectivity index (χ4n) is 3.05. The quantitative estimate of drug-likeness (QED) is 0.564. The zero-order valence-electron chi connectivity index (χ0n) is 16.6. The average Bonchev–Trinajstić information content (AvgIpc) is 3.46. The lowest BCUT2D eigenvalue weighted by Gasteiger charge is -2.13. The Balaban J connectivity index is 1.88. The highest BCUT2D eigenvalue weighted by Crippen LogP contribution is 2.43. The van der Waals surface area contributed by atoms with Crippen molar-refractivity contribution in [3.8, 4) is 11.7 Å². The molecule has 0 spiro atoms. The van der Waals surface area contributed by atoms with Gasteiger partial charge in [-0.2, -0.15) is 18.9 Å². The van der Waals surface area contributed by atoms with Crippen molar-refractivity contribution in [2.24, 2.45) is 0 Å². The number of nitrogens with zero attached hydrogens (tertiary/aromatic N) is 5. The van der Waals surface area contributed by atoms with Gasteiger partial charge in [0.05, 0.1) is 11.2 Å². The van der Waals surface area contributed by atoms with Crippen LogP contribution in [0, 0.1) is 0 Å². The normalized spacial score (nSPS) is 14.3. The van der Waals surface area contributed by atoms with Gasteiger partial charge in [-0.05, 0) is 12.8 Å². The Morgan fingerprint density at radius 2 is 2.06 bits per heavy atom. The van der Waals surface area contributed by atoms with Crippen LogP contribution in [0.25, 0.3) is 16.7 Å². The molecule has 3 aromatic heterocycles. The van der Waals surface area contributed by atoms with Crippen LogP contribution in [0.15, 0.2) is 18.3 Å². The minimum atomic E-state index is -3.44. The summed E-state index contributed by atoms with van der Waals surface area (Å²) in [6, 6.07) is 2.71. The second-order valence-corrected chi connectivity index (χ2v) is 7.32. The maximum Gasteiger partial charge on any atom is 0.304 e. The van der Waals surface area contributed by atoms with Crippen LogP contribution >= 0.6 is 0 Å². The molecule has 0 radical (unpaired) electrons. The summed E-state index contributed by atoms with van der Waals surface area (Å²) in [6.07, 6.45) is 0.583. The number of ether oxygens (including phenoxy) is 1. The number of amides is 1. The lowest BCUT2D eigenvalue weighted by atomic mass is 10.2. The molecule has 3 heterocycles. The van der Waals surface area contributed by atoms with E-state index in [1.54, 1.807) is 12.3 Å². The fraction of sp³-hybridized carbons (Fsp3) is 0.421. The van der Waals surface area contributed by atoms with Crippen molar-refractivity contribution in [2.45, 2.75) is 45.0 Å². The molecule has 1 N–H and O–H groups in total. The van der Waals surface area contributed by atoms with E-state index in [4.69, 9.17) is 4.74 Å². The standard InChI is InChI=1S/C19H18F4N6O2/c1-9(30)25-14-5-12-11(7-24-14)17(10-3-4-10)28-29(12)15-6-16(31-8-13(20)21)27-18(26-15)19(2,22)23/h5-7,10,13H,3-4,8H2,1-2H3,(H,24,25,30). The predicted octanol–water partition coefficient (Wildman–Crippen LogP) is 3.80. The van der Waals surface area contributed by atoms with E-state index in [1.165, 1.54) is 17.7 Å². The van der Waals surface area contributed by atoms with E-state index in [9.17, 15) is 22.4 Å². The maximum absolute atomic E-state index is 14.0. The van der Waals surface area contributed by atoms with Gasteiger partial charge in [0.1, 0.15) is 5.82 Å². The second-order valence-electron chi connectivity index (χ2n) is 7.32. The molecule has 164 valence electrons. The smallest absolute Gasteiger partial charge is 0.304 e. The number of nitrogens with one attached hydrogen (secondary N) is 1. The van der Waals surface area contributed by atoms with Gasteiger partial charge in [0.25, 0.3) is 6.43 Å². The van der Waals surface area contributed by atoms with Gasteiger partial charge in [0, 0.05) is 43.5 Å². The highest BCUT2D eigenvalue weighted by Gasteiger charge is 2.32. The topological polar surface area (TPSA) is 94.8 Å². The van der Waals surface area contributed by atoms with Crippen molar-refractivity contribution in [3.05, 3.63) is 29.8 Å². The first-order valence-electron chi connectivity index (χ1n) is 9.47. The lowest BCUT2D eigenvalue weighted by Crippen LogP contribution is -2.17. The van der Waals surface area contributed by atoms with Crippen LogP contribution in [0.5, 0.6) is 5.88 Å². The number of carbonyl (C=O) groups excluding carboxylic acids is 1. The first kappa shape index (κ1) is 20.9. The highest BCUT2D eigenvalue weighted by atomic mass is 19.3. The Labute approximate surface area is 173 Å². The number of carbonyl (C=O) groups is 1. The Kier molecular flexibility index (Phi) is 5.23. The van der Waals surface area contributed by atoms with E-state index in [-0.39, 0.29) is 23.5 Å². The third kappa shape index (κ3) is 4.57. The third-order valence-electron chi connectivity index (χ3n) is 4.52. The van der Waals surface area contributed by atoms with Crippen molar-refractivity contribution in [2.75, 3.05) is 11.9 Å². The minimum absolute atomic E-state index is 0.0762. The molecule has 3 aromatic rings. The van der Waals surface area contributed by atoms with Crippen LogP contribution in [0.4, 0.5) is 23.4 Å². The van der Waals surface area contributed by atoms with Crippen molar-refractivity contribution in [1.29, 1.82) is 0 Å². The van der Waals surface area contributed by atoms with Gasteiger partial charge >= 0.3 is 5.92 Å². The van der Waals surface area contributed by atoms with E-state index >= 15 is 0 Å². The second kappa shape index (κ2) is 7.75. The number of pyridine rings is 1. The number of rotatable bonds is 7. The number of aromatic nitrogens is 5. The lowest BCUT2D eigenvalue weighted by molar-refractivity contribution is -0.114. The molecule has 0 aromatic carbocycles. The Morgan fingerprint density at radius 1 is 1.32 bits per heavy atom. The van der Waals surface area contributed by atoms with E-state index in [0.717, 1.165) is 18.5 Å². The average molecular weight is 438 g/mol. The molecule has 0 aliphatic heterocycles. The number of anilines is 1. The summed E-state index contributed by atoms with van der Waals surface area (Å²) in [4.78, 5) is 23.1. The number of alkyl halides is 4. The molecular weight excluding hydrogens is 420 g/mol. The molecule has 31 heavy (non-hydrogen) atoms. The Hall–Kier alpha value is -3.31. The monoisotopic (exact) mass is 438 g/mol. The molecule has 0 saturated heterocycles. The van der Waals surface area contributed by atoms with Gasteiger partial charge in [-0.15, -0.1) is 0 Å². The summed E-state index contributed by atoms with van der Waals surface area (Å²) in [7, 11) is 0. The van der Waals surface area contributed by atoms with Crippen molar-refractivity contribution in [3.63, 3.8) is 0 Å². The van der Waals surface area contributed by atoms with Crippen molar-refractivity contribution >= 4 is 22.6 Å². The molecule has 1 aliphatic rings. The zero-order valence-corrected chi connectivity index (χ0v) is 16.6. The summed E-state index contributed by atoms with van der Waals surface area (Å²) >= 11 is 0. The van der Waals surface area contributed by atoms with Crippen LogP contribution in [0.1, 0.15) is 44.1 Å². The molecular formula is C19H18F4N6O2. The molecule has 4 rings (SSSR count). The summed E-state index contributed by atoms with van der Waals surface area (Å²) in [5.41, 5.74) is 1.18. The molecule has 1 aliphatic carbocycles. The van der Waals surface area contributed by atoms with E-state index in [2.05, 4.69) is 25.4 Å². The highest BCUT2D eigenvalue weighted by molar-refractivity contribution is 5.91. The molecule has 1 fully saturated rings.